The maximum atomic E-state index is 5.87. The fraction of sp³-hybridized carbons (Fsp3) is 1.00. The van der Waals surface area contributed by atoms with Crippen LogP contribution in [0.2, 0.25) is 0 Å². The molecule has 2 atom stereocenters. The van der Waals surface area contributed by atoms with Crippen LogP contribution in [0.25, 0.3) is 0 Å². The van der Waals surface area contributed by atoms with E-state index in [2.05, 4.69) is 37.6 Å². The number of hydrogen-bond acceptors (Lipinski definition) is 3. The van der Waals surface area contributed by atoms with Gasteiger partial charge in [0.2, 0.25) is 0 Å². The van der Waals surface area contributed by atoms with Gasteiger partial charge in [-0.05, 0) is 38.8 Å². The summed E-state index contributed by atoms with van der Waals surface area (Å²) in [6.45, 7) is 12.5. The number of hydrogen-bond donors (Lipinski definition) is 1. The summed E-state index contributed by atoms with van der Waals surface area (Å²) in [5.74, 6) is 1.43. The van der Waals surface area contributed by atoms with Gasteiger partial charge in [-0.15, -0.1) is 0 Å². The third-order valence-electron chi connectivity index (χ3n) is 3.60. The molecule has 96 valence electrons. The van der Waals surface area contributed by atoms with Gasteiger partial charge in [0.25, 0.3) is 0 Å². The Bertz CT molecular complexity index is 194. The first-order chi connectivity index (χ1) is 7.52. The van der Waals surface area contributed by atoms with Crippen molar-refractivity contribution in [2.24, 2.45) is 17.6 Å². The molecule has 3 heteroatoms. The second-order valence-corrected chi connectivity index (χ2v) is 5.84. The van der Waals surface area contributed by atoms with Gasteiger partial charge in [-0.1, -0.05) is 13.8 Å². The van der Waals surface area contributed by atoms with Gasteiger partial charge in [0.15, 0.2) is 0 Å². The van der Waals surface area contributed by atoms with E-state index in [-0.39, 0.29) is 0 Å². The lowest BCUT2D eigenvalue weighted by molar-refractivity contribution is 0.0824. The van der Waals surface area contributed by atoms with Crippen LogP contribution in [0, 0.1) is 11.8 Å². The molecule has 0 radical (unpaired) electrons. The van der Waals surface area contributed by atoms with Crippen molar-refractivity contribution in [2.45, 2.75) is 33.2 Å². The van der Waals surface area contributed by atoms with Gasteiger partial charge in [-0.3, -0.25) is 4.90 Å². The van der Waals surface area contributed by atoms with E-state index < -0.39 is 0 Å². The average molecular weight is 227 g/mol. The average Bonchev–Trinajstić information content (AvgIpc) is 2.20. The second kappa shape index (κ2) is 6.58. The van der Waals surface area contributed by atoms with Gasteiger partial charge in [-0.2, -0.15) is 0 Å². The highest BCUT2D eigenvalue weighted by Gasteiger charge is 2.23. The molecule has 1 aliphatic heterocycles. The number of nitrogens with two attached hydrogens (primary N) is 1. The van der Waals surface area contributed by atoms with Crippen molar-refractivity contribution < 1.29 is 0 Å². The van der Waals surface area contributed by atoms with E-state index in [1.807, 2.05) is 0 Å². The van der Waals surface area contributed by atoms with Gasteiger partial charge in [0.1, 0.15) is 0 Å². The highest BCUT2D eigenvalue weighted by atomic mass is 15.3. The molecule has 1 saturated heterocycles. The maximum absolute atomic E-state index is 5.87. The van der Waals surface area contributed by atoms with Crippen molar-refractivity contribution in [1.29, 1.82) is 0 Å². The van der Waals surface area contributed by atoms with Crippen molar-refractivity contribution in [3.8, 4) is 0 Å². The summed E-state index contributed by atoms with van der Waals surface area (Å²) < 4.78 is 0. The molecule has 3 nitrogen and oxygen atoms in total. The Kier molecular flexibility index (Phi) is 5.73. The van der Waals surface area contributed by atoms with Crippen molar-refractivity contribution in [2.75, 3.05) is 39.8 Å². The van der Waals surface area contributed by atoms with Crippen LogP contribution >= 0.6 is 0 Å². The molecule has 2 N–H and O–H groups in total. The molecule has 0 bridgehead atoms. The Labute approximate surface area is 101 Å². The van der Waals surface area contributed by atoms with Crippen molar-refractivity contribution in [3.63, 3.8) is 0 Å². The van der Waals surface area contributed by atoms with E-state index in [1.54, 1.807) is 0 Å². The molecule has 0 aromatic carbocycles. The summed E-state index contributed by atoms with van der Waals surface area (Å²) in [5.41, 5.74) is 5.87. The Balaban J connectivity index is 2.39. The lowest BCUT2D eigenvalue weighted by atomic mass is 9.96. The Morgan fingerprint density at radius 2 is 2.00 bits per heavy atom. The van der Waals surface area contributed by atoms with E-state index >= 15 is 0 Å². The highest BCUT2D eigenvalue weighted by molar-refractivity contribution is 4.79. The summed E-state index contributed by atoms with van der Waals surface area (Å²) in [6, 6.07) is 0.681. The van der Waals surface area contributed by atoms with E-state index in [0.29, 0.717) is 12.0 Å². The van der Waals surface area contributed by atoms with Crippen molar-refractivity contribution in [3.05, 3.63) is 0 Å². The molecular formula is C13H29N3. The van der Waals surface area contributed by atoms with Crippen LogP contribution in [0.5, 0.6) is 0 Å². The zero-order chi connectivity index (χ0) is 12.1. The largest absolute Gasteiger partial charge is 0.330 e. The number of likely N-dealkylation sites (N-methyl/N-ethyl adjacent to an activating group) is 1. The zero-order valence-corrected chi connectivity index (χ0v) is 11.4. The smallest absolute Gasteiger partial charge is 0.0195 e. The summed E-state index contributed by atoms with van der Waals surface area (Å²) in [4.78, 5) is 5.03. The minimum atomic E-state index is 0.672. The summed E-state index contributed by atoms with van der Waals surface area (Å²) in [6.07, 6.45) is 1.26. The van der Waals surface area contributed by atoms with Crippen LogP contribution in [0.4, 0.5) is 0 Å². The van der Waals surface area contributed by atoms with Crippen molar-refractivity contribution >= 4 is 0 Å². The minimum Gasteiger partial charge on any atom is -0.330 e. The van der Waals surface area contributed by atoms with Crippen LogP contribution in [0.1, 0.15) is 27.2 Å². The first-order valence-corrected chi connectivity index (χ1v) is 6.65. The van der Waals surface area contributed by atoms with E-state index in [4.69, 9.17) is 5.73 Å². The lowest BCUT2D eigenvalue weighted by Crippen LogP contribution is -2.52. The number of nitrogens with zero attached hydrogens (tertiary/aromatic N) is 2. The van der Waals surface area contributed by atoms with Crippen molar-refractivity contribution in [1.82, 2.24) is 9.80 Å². The monoisotopic (exact) mass is 227 g/mol. The van der Waals surface area contributed by atoms with Gasteiger partial charge in [0.05, 0.1) is 0 Å². The quantitative estimate of drug-likeness (QED) is 0.767. The first-order valence-electron chi connectivity index (χ1n) is 6.65. The SMILES string of the molecule is CC(C)CC(CN)CN1CCN(C)CC1C. The number of piperazine rings is 1. The van der Waals surface area contributed by atoms with Crippen LogP contribution in [0.3, 0.4) is 0 Å². The van der Waals surface area contributed by atoms with Crippen LogP contribution < -0.4 is 5.73 Å². The van der Waals surface area contributed by atoms with Crippen LogP contribution in [-0.4, -0.2) is 55.6 Å². The summed E-state index contributed by atoms with van der Waals surface area (Å²) in [7, 11) is 2.21. The first kappa shape index (κ1) is 13.9. The molecule has 1 fully saturated rings. The summed E-state index contributed by atoms with van der Waals surface area (Å²) >= 11 is 0. The van der Waals surface area contributed by atoms with Gasteiger partial charge in [-0.25, -0.2) is 0 Å². The zero-order valence-electron chi connectivity index (χ0n) is 11.4. The van der Waals surface area contributed by atoms with E-state index in [0.717, 1.165) is 12.5 Å². The maximum Gasteiger partial charge on any atom is 0.0195 e. The lowest BCUT2D eigenvalue weighted by Gasteiger charge is -2.40. The van der Waals surface area contributed by atoms with E-state index in [9.17, 15) is 0 Å². The molecule has 0 aromatic heterocycles. The number of rotatable bonds is 5. The fourth-order valence-corrected chi connectivity index (χ4v) is 2.69. The molecule has 0 saturated carbocycles. The highest BCUT2D eigenvalue weighted by Crippen LogP contribution is 2.15. The Morgan fingerprint density at radius 1 is 1.31 bits per heavy atom. The Hall–Kier alpha value is -0.120. The topological polar surface area (TPSA) is 32.5 Å². The van der Waals surface area contributed by atoms with Gasteiger partial charge >= 0.3 is 0 Å². The third-order valence-corrected chi connectivity index (χ3v) is 3.60. The molecule has 1 aliphatic rings. The van der Waals surface area contributed by atoms with Gasteiger partial charge < -0.3 is 10.6 Å². The third kappa shape index (κ3) is 4.40. The van der Waals surface area contributed by atoms with Gasteiger partial charge in [0, 0.05) is 32.2 Å². The Morgan fingerprint density at radius 3 is 2.50 bits per heavy atom. The molecular weight excluding hydrogens is 198 g/mol. The van der Waals surface area contributed by atoms with Crippen LogP contribution in [-0.2, 0) is 0 Å². The molecule has 0 aromatic rings. The summed E-state index contributed by atoms with van der Waals surface area (Å²) in [5, 5.41) is 0. The molecule has 16 heavy (non-hydrogen) atoms. The molecule has 2 unspecified atom stereocenters. The normalized spacial score (nSPS) is 26.2. The molecule has 0 amide bonds. The van der Waals surface area contributed by atoms with E-state index in [1.165, 1.54) is 32.6 Å². The standard InChI is InChI=1S/C13H29N3/c1-11(2)7-13(8-14)10-16-6-5-15(4)9-12(16)3/h11-13H,5-10,14H2,1-4H3. The molecule has 0 aliphatic carbocycles. The molecule has 1 rings (SSSR count). The predicted octanol–water partition coefficient (Wildman–Crippen LogP) is 1.24. The fourth-order valence-electron chi connectivity index (χ4n) is 2.69. The molecule has 1 heterocycles. The molecule has 0 spiro atoms. The minimum absolute atomic E-state index is 0.672. The van der Waals surface area contributed by atoms with Crippen LogP contribution in [0.15, 0.2) is 0 Å². The second-order valence-electron chi connectivity index (χ2n) is 5.84. The predicted molar refractivity (Wildman–Crippen MR) is 70.5 cm³/mol.